The van der Waals surface area contributed by atoms with Gasteiger partial charge in [0.05, 0.1) is 31.5 Å². The molecule has 0 unspecified atom stereocenters. The van der Waals surface area contributed by atoms with Crippen molar-refractivity contribution in [3.63, 3.8) is 0 Å². The Kier molecular flexibility index (Phi) is 6.14. The lowest BCUT2D eigenvalue weighted by molar-refractivity contribution is -0.132. The predicted octanol–water partition coefficient (Wildman–Crippen LogP) is 5.06. The number of aliphatic hydroxyl groups excluding tert-OH is 1. The van der Waals surface area contributed by atoms with E-state index in [2.05, 4.69) is 4.98 Å². The molecule has 33 heavy (non-hydrogen) atoms. The van der Waals surface area contributed by atoms with Gasteiger partial charge in [0.25, 0.3) is 5.78 Å². The molecule has 1 aliphatic rings. The number of halogens is 1. The molecule has 1 fully saturated rings. The molecule has 2 heterocycles. The lowest BCUT2D eigenvalue weighted by atomic mass is 9.95. The lowest BCUT2D eigenvalue weighted by Crippen LogP contribution is -2.29. The van der Waals surface area contributed by atoms with Crippen LogP contribution in [0.15, 0.2) is 48.0 Å². The zero-order valence-corrected chi connectivity index (χ0v) is 20.0. The third-order valence-corrected chi connectivity index (χ3v) is 6.83. The van der Waals surface area contributed by atoms with Crippen molar-refractivity contribution in [1.82, 2.24) is 4.98 Å². The van der Waals surface area contributed by atoms with E-state index in [1.54, 1.807) is 42.5 Å². The van der Waals surface area contributed by atoms with Crippen molar-refractivity contribution in [2.75, 3.05) is 19.1 Å². The van der Waals surface area contributed by atoms with E-state index in [1.165, 1.54) is 30.5 Å². The minimum atomic E-state index is -0.912. The Morgan fingerprint density at radius 1 is 1.06 bits per heavy atom. The molecule has 1 aliphatic heterocycles. The highest BCUT2D eigenvalue weighted by Gasteiger charge is 2.48. The summed E-state index contributed by atoms with van der Waals surface area (Å²) in [6, 6.07) is 10.6. The lowest BCUT2D eigenvalue weighted by Gasteiger charge is -2.23. The number of thiazole rings is 1. The van der Waals surface area contributed by atoms with Crippen LogP contribution in [0, 0.1) is 13.8 Å². The fourth-order valence-electron chi connectivity index (χ4n) is 3.69. The number of Topliss-reactive ketones (excluding diaryl/α,β-unsaturated/α-hetero) is 1. The number of aliphatic hydroxyl groups is 1. The first kappa shape index (κ1) is 22.8. The molecule has 1 N–H and O–H groups in total. The van der Waals surface area contributed by atoms with Crippen LogP contribution in [0.2, 0.25) is 5.02 Å². The van der Waals surface area contributed by atoms with E-state index in [0.717, 1.165) is 10.6 Å². The van der Waals surface area contributed by atoms with Crippen LogP contribution >= 0.6 is 22.9 Å². The van der Waals surface area contributed by atoms with Crippen LogP contribution in [-0.4, -0.2) is 36.0 Å². The number of ketones is 1. The second kappa shape index (κ2) is 8.88. The zero-order valence-electron chi connectivity index (χ0n) is 18.4. The highest BCUT2D eigenvalue weighted by Crippen LogP contribution is 2.45. The number of amides is 1. The Bertz CT molecular complexity index is 1260. The molecule has 0 bridgehead atoms. The minimum absolute atomic E-state index is 0.0416. The van der Waals surface area contributed by atoms with Crippen molar-refractivity contribution >= 4 is 45.5 Å². The molecular weight excluding hydrogens is 464 g/mol. The van der Waals surface area contributed by atoms with Gasteiger partial charge in [-0.3, -0.25) is 14.5 Å². The highest BCUT2D eigenvalue weighted by molar-refractivity contribution is 7.16. The number of aromatic nitrogens is 1. The quantitative estimate of drug-likeness (QED) is 0.309. The average molecular weight is 485 g/mol. The average Bonchev–Trinajstić information content (AvgIpc) is 3.28. The summed E-state index contributed by atoms with van der Waals surface area (Å²) in [5.41, 5.74) is 1.66. The maximum atomic E-state index is 13.2. The van der Waals surface area contributed by atoms with Gasteiger partial charge in [-0.05, 0) is 55.8 Å². The van der Waals surface area contributed by atoms with Gasteiger partial charge in [-0.25, -0.2) is 4.98 Å². The van der Waals surface area contributed by atoms with E-state index < -0.39 is 17.7 Å². The molecule has 0 spiro atoms. The van der Waals surface area contributed by atoms with E-state index in [4.69, 9.17) is 21.1 Å². The van der Waals surface area contributed by atoms with Crippen molar-refractivity contribution in [2.45, 2.75) is 19.9 Å². The monoisotopic (exact) mass is 484 g/mol. The molecule has 9 heteroatoms. The summed E-state index contributed by atoms with van der Waals surface area (Å²) in [6.07, 6.45) is 0. The molecule has 0 aliphatic carbocycles. The van der Waals surface area contributed by atoms with Gasteiger partial charge in [0.1, 0.15) is 5.76 Å². The Morgan fingerprint density at radius 3 is 2.30 bits per heavy atom. The van der Waals surface area contributed by atoms with Crippen molar-refractivity contribution in [1.29, 1.82) is 0 Å². The number of carbonyl (C=O) groups excluding carboxylic acids is 2. The fourth-order valence-corrected chi connectivity index (χ4v) is 4.75. The first-order valence-electron chi connectivity index (χ1n) is 9.99. The van der Waals surface area contributed by atoms with Crippen LogP contribution in [0.3, 0.4) is 0 Å². The Hall–Kier alpha value is -3.36. The summed E-state index contributed by atoms with van der Waals surface area (Å²) < 4.78 is 10.8. The van der Waals surface area contributed by atoms with Crippen LogP contribution in [0.4, 0.5) is 5.13 Å². The van der Waals surface area contributed by atoms with Crippen molar-refractivity contribution < 1.29 is 24.2 Å². The topological polar surface area (TPSA) is 89.0 Å². The first-order valence-corrected chi connectivity index (χ1v) is 11.2. The van der Waals surface area contributed by atoms with Gasteiger partial charge in [-0.15, -0.1) is 11.3 Å². The minimum Gasteiger partial charge on any atom is -0.507 e. The SMILES string of the molecule is COc1ccc([C@@H]2/C(=C(\O)c3ccc(Cl)cc3)C(=O)C(=O)N2c2nc(C)c(C)s2)cc1OC. The number of carbonyl (C=O) groups is 2. The van der Waals surface area contributed by atoms with Gasteiger partial charge in [-0.1, -0.05) is 17.7 Å². The van der Waals surface area contributed by atoms with Crippen LogP contribution < -0.4 is 14.4 Å². The Labute approximate surface area is 199 Å². The summed E-state index contributed by atoms with van der Waals surface area (Å²) in [6.45, 7) is 3.73. The van der Waals surface area contributed by atoms with Crippen LogP contribution in [0.25, 0.3) is 5.76 Å². The molecule has 1 atom stereocenters. The van der Waals surface area contributed by atoms with E-state index >= 15 is 0 Å². The second-order valence-electron chi connectivity index (χ2n) is 7.43. The molecule has 2 aromatic carbocycles. The van der Waals surface area contributed by atoms with Crippen LogP contribution in [-0.2, 0) is 9.59 Å². The maximum absolute atomic E-state index is 13.2. The van der Waals surface area contributed by atoms with Gasteiger partial charge >= 0.3 is 5.91 Å². The molecule has 0 saturated carbocycles. The Balaban J connectivity index is 1.97. The normalized spacial score (nSPS) is 17.5. The number of anilines is 1. The second-order valence-corrected chi connectivity index (χ2v) is 9.05. The molecule has 3 aromatic rings. The van der Waals surface area contributed by atoms with E-state index in [-0.39, 0.29) is 11.3 Å². The smallest absolute Gasteiger partial charge is 0.301 e. The molecule has 1 aromatic heterocycles. The maximum Gasteiger partial charge on any atom is 0.301 e. The molecule has 7 nitrogen and oxygen atoms in total. The van der Waals surface area contributed by atoms with Gasteiger partial charge in [0.2, 0.25) is 0 Å². The highest BCUT2D eigenvalue weighted by atomic mass is 35.5. The van der Waals surface area contributed by atoms with Crippen molar-refractivity contribution in [3.05, 3.63) is 74.8 Å². The summed E-state index contributed by atoms with van der Waals surface area (Å²) >= 11 is 7.28. The summed E-state index contributed by atoms with van der Waals surface area (Å²) in [4.78, 5) is 33.2. The third-order valence-electron chi connectivity index (χ3n) is 5.51. The summed E-state index contributed by atoms with van der Waals surface area (Å²) in [7, 11) is 3.02. The first-order chi connectivity index (χ1) is 15.8. The number of aryl methyl sites for hydroxylation is 2. The number of benzene rings is 2. The molecule has 170 valence electrons. The number of methoxy groups -OCH3 is 2. The molecule has 1 saturated heterocycles. The molecular formula is C24H21ClN2O5S. The zero-order chi connectivity index (χ0) is 23.9. The molecule has 1 amide bonds. The summed E-state index contributed by atoms with van der Waals surface area (Å²) in [5, 5.41) is 12.0. The van der Waals surface area contributed by atoms with Gasteiger partial charge in [0.15, 0.2) is 16.6 Å². The number of hydrogen-bond acceptors (Lipinski definition) is 7. The van der Waals surface area contributed by atoms with Crippen molar-refractivity contribution in [2.24, 2.45) is 0 Å². The molecule has 4 rings (SSSR count). The van der Waals surface area contributed by atoms with Gasteiger partial charge < -0.3 is 14.6 Å². The van der Waals surface area contributed by atoms with E-state index in [1.807, 2.05) is 13.8 Å². The third kappa shape index (κ3) is 3.96. The summed E-state index contributed by atoms with van der Waals surface area (Å²) in [5.74, 6) is -0.931. The predicted molar refractivity (Wildman–Crippen MR) is 127 cm³/mol. The number of ether oxygens (including phenoxy) is 2. The number of hydrogen-bond donors (Lipinski definition) is 1. The largest absolute Gasteiger partial charge is 0.507 e. The standard InChI is InChI=1S/C24H21ClN2O5S/c1-12-13(2)33-24(26-12)27-20(15-7-10-17(31-3)18(11-15)32-4)19(22(29)23(27)30)21(28)14-5-8-16(25)9-6-14/h5-11,20,28H,1-4H3/b21-19+/t20-/m1/s1. The van der Waals surface area contributed by atoms with Crippen LogP contribution in [0.5, 0.6) is 11.5 Å². The van der Waals surface area contributed by atoms with Crippen molar-refractivity contribution in [3.8, 4) is 11.5 Å². The van der Waals surface area contributed by atoms with Gasteiger partial charge in [-0.2, -0.15) is 0 Å². The van der Waals surface area contributed by atoms with E-state index in [9.17, 15) is 14.7 Å². The van der Waals surface area contributed by atoms with Gasteiger partial charge in [0, 0.05) is 15.5 Å². The van der Waals surface area contributed by atoms with E-state index in [0.29, 0.717) is 32.8 Å². The Morgan fingerprint density at radius 2 is 1.73 bits per heavy atom. The van der Waals surface area contributed by atoms with Crippen LogP contribution in [0.1, 0.15) is 27.7 Å². The fraction of sp³-hybridized carbons (Fsp3) is 0.208. The molecule has 0 radical (unpaired) electrons. The number of nitrogens with zero attached hydrogens (tertiary/aromatic N) is 2. The number of rotatable bonds is 5.